The molecule has 0 aromatic carbocycles. The molecule has 0 aliphatic heterocycles. The number of hydrogen-bond acceptors (Lipinski definition) is 4. The summed E-state index contributed by atoms with van der Waals surface area (Å²) in [6, 6.07) is 1.68. The second kappa shape index (κ2) is 7.13. The van der Waals surface area contributed by atoms with Crippen molar-refractivity contribution in [3.8, 4) is 5.75 Å². The van der Waals surface area contributed by atoms with Crippen molar-refractivity contribution in [2.24, 2.45) is 5.92 Å². The number of rotatable bonds is 7. The van der Waals surface area contributed by atoms with Crippen molar-refractivity contribution in [2.75, 3.05) is 20.2 Å². The molecule has 0 saturated heterocycles. The van der Waals surface area contributed by atoms with E-state index >= 15 is 0 Å². The van der Waals surface area contributed by atoms with Gasteiger partial charge in [0.2, 0.25) is 0 Å². The highest BCUT2D eigenvalue weighted by Gasteiger charge is 2.19. The van der Waals surface area contributed by atoms with Gasteiger partial charge in [0, 0.05) is 24.5 Å². The Morgan fingerprint density at radius 1 is 1.47 bits per heavy atom. The fourth-order valence-electron chi connectivity index (χ4n) is 1.64. The Morgan fingerprint density at radius 2 is 2.16 bits per heavy atom. The first-order valence-corrected chi connectivity index (χ1v) is 6.95. The predicted octanol–water partition coefficient (Wildman–Crippen LogP) is 2.33. The van der Waals surface area contributed by atoms with Gasteiger partial charge in [0.1, 0.15) is 5.75 Å². The Bertz CT molecular complexity index is 442. The zero-order valence-electron chi connectivity index (χ0n) is 11.4. The van der Waals surface area contributed by atoms with Crippen LogP contribution in [0.3, 0.4) is 0 Å². The fourth-order valence-corrected chi connectivity index (χ4v) is 2.46. The van der Waals surface area contributed by atoms with Gasteiger partial charge >= 0.3 is 5.97 Å². The molecule has 19 heavy (non-hydrogen) atoms. The van der Waals surface area contributed by atoms with Crippen molar-refractivity contribution in [3.63, 3.8) is 0 Å². The number of carbonyl (C=O) groups is 2. The van der Waals surface area contributed by atoms with Crippen LogP contribution in [-0.2, 0) is 4.79 Å². The van der Waals surface area contributed by atoms with Crippen molar-refractivity contribution < 1.29 is 19.4 Å². The van der Waals surface area contributed by atoms with Gasteiger partial charge in [0.25, 0.3) is 5.91 Å². The first-order chi connectivity index (χ1) is 8.93. The van der Waals surface area contributed by atoms with Crippen molar-refractivity contribution >= 4 is 23.2 Å². The van der Waals surface area contributed by atoms with Gasteiger partial charge in [-0.2, -0.15) is 0 Å². The Balaban J connectivity index is 2.77. The van der Waals surface area contributed by atoms with Crippen molar-refractivity contribution in [1.82, 2.24) is 4.90 Å². The molecule has 0 spiro atoms. The monoisotopic (exact) mass is 285 g/mol. The van der Waals surface area contributed by atoms with Gasteiger partial charge in [-0.1, -0.05) is 13.8 Å². The van der Waals surface area contributed by atoms with Gasteiger partial charge in [0.15, 0.2) is 0 Å². The molecule has 0 fully saturated rings. The third kappa shape index (κ3) is 4.90. The lowest BCUT2D eigenvalue weighted by Crippen LogP contribution is -2.35. The van der Waals surface area contributed by atoms with Crippen LogP contribution in [0, 0.1) is 5.92 Å². The summed E-state index contributed by atoms with van der Waals surface area (Å²) in [5.74, 6) is -0.0933. The smallest absolute Gasteiger partial charge is 0.305 e. The molecule has 106 valence electrons. The van der Waals surface area contributed by atoms with Gasteiger partial charge in [-0.05, 0) is 5.92 Å². The number of nitrogens with zero attached hydrogens (tertiary/aromatic N) is 1. The van der Waals surface area contributed by atoms with Crippen LogP contribution in [0.2, 0.25) is 0 Å². The van der Waals surface area contributed by atoms with E-state index < -0.39 is 5.97 Å². The molecule has 1 N–H and O–H groups in total. The normalized spacial score (nSPS) is 10.5. The Morgan fingerprint density at radius 3 is 2.63 bits per heavy atom. The zero-order valence-corrected chi connectivity index (χ0v) is 12.2. The summed E-state index contributed by atoms with van der Waals surface area (Å²) in [7, 11) is 1.55. The van der Waals surface area contributed by atoms with Crippen LogP contribution in [0.25, 0.3) is 0 Å². The maximum absolute atomic E-state index is 12.3. The van der Waals surface area contributed by atoms with E-state index in [1.807, 2.05) is 13.8 Å². The van der Waals surface area contributed by atoms with E-state index in [-0.39, 0.29) is 18.9 Å². The summed E-state index contributed by atoms with van der Waals surface area (Å²) in [6.07, 6.45) is -0.0407. The number of carboxylic acids is 1. The van der Waals surface area contributed by atoms with Gasteiger partial charge in [-0.25, -0.2) is 0 Å². The number of carboxylic acid groups (broad SMARTS) is 1. The summed E-state index contributed by atoms with van der Waals surface area (Å²) in [4.78, 5) is 25.1. The Kier molecular flexibility index (Phi) is 5.82. The van der Waals surface area contributed by atoms with Gasteiger partial charge < -0.3 is 14.7 Å². The van der Waals surface area contributed by atoms with Crippen LogP contribution in [0.4, 0.5) is 0 Å². The summed E-state index contributed by atoms with van der Waals surface area (Å²) >= 11 is 1.31. The Hall–Kier alpha value is -1.56. The highest BCUT2D eigenvalue weighted by atomic mass is 32.1. The number of ether oxygens (including phenoxy) is 1. The molecule has 0 aliphatic rings. The summed E-state index contributed by atoms with van der Waals surface area (Å²) in [6.45, 7) is 4.77. The molecular formula is C13H19NO4S. The SMILES string of the molecule is COc1csc(C(=O)N(CCC(=O)O)CC(C)C)c1. The molecule has 0 atom stereocenters. The lowest BCUT2D eigenvalue weighted by Gasteiger charge is -2.23. The summed E-state index contributed by atoms with van der Waals surface area (Å²) in [5, 5.41) is 10.5. The van der Waals surface area contributed by atoms with Crippen molar-refractivity contribution in [1.29, 1.82) is 0 Å². The van der Waals surface area contributed by atoms with Crippen molar-refractivity contribution in [2.45, 2.75) is 20.3 Å². The molecule has 6 heteroatoms. The van der Waals surface area contributed by atoms with E-state index in [1.165, 1.54) is 11.3 Å². The van der Waals surface area contributed by atoms with Crippen molar-refractivity contribution in [3.05, 3.63) is 16.3 Å². The number of thiophene rings is 1. The molecule has 1 heterocycles. The van der Waals surface area contributed by atoms with Crippen LogP contribution in [0.1, 0.15) is 29.9 Å². The number of methoxy groups -OCH3 is 1. The lowest BCUT2D eigenvalue weighted by atomic mass is 10.2. The molecule has 0 saturated carbocycles. The molecule has 1 rings (SSSR count). The number of amides is 1. The van der Waals surface area contributed by atoms with E-state index in [1.54, 1.807) is 23.5 Å². The predicted molar refractivity (Wildman–Crippen MR) is 73.9 cm³/mol. The topological polar surface area (TPSA) is 66.8 Å². The second-order valence-corrected chi connectivity index (χ2v) is 5.55. The molecule has 1 amide bonds. The van der Waals surface area contributed by atoms with E-state index in [2.05, 4.69) is 0 Å². The Labute approximate surface area is 116 Å². The molecule has 1 aromatic heterocycles. The summed E-state index contributed by atoms with van der Waals surface area (Å²) in [5.41, 5.74) is 0. The third-order valence-electron chi connectivity index (χ3n) is 2.49. The minimum atomic E-state index is -0.898. The first kappa shape index (κ1) is 15.5. The maximum atomic E-state index is 12.3. The second-order valence-electron chi connectivity index (χ2n) is 4.64. The van der Waals surface area contributed by atoms with Crippen LogP contribution < -0.4 is 4.74 Å². The average molecular weight is 285 g/mol. The molecule has 0 unspecified atom stereocenters. The molecule has 0 radical (unpaired) electrons. The highest BCUT2D eigenvalue weighted by Crippen LogP contribution is 2.23. The number of hydrogen-bond donors (Lipinski definition) is 1. The lowest BCUT2D eigenvalue weighted by molar-refractivity contribution is -0.137. The number of aliphatic carboxylic acids is 1. The largest absolute Gasteiger partial charge is 0.496 e. The van der Waals surface area contributed by atoms with E-state index in [4.69, 9.17) is 9.84 Å². The van der Waals surface area contributed by atoms with Gasteiger partial charge in [-0.3, -0.25) is 9.59 Å². The van der Waals surface area contributed by atoms with E-state index in [0.29, 0.717) is 23.1 Å². The van der Waals surface area contributed by atoms with Gasteiger partial charge in [0.05, 0.1) is 18.4 Å². The van der Waals surface area contributed by atoms with E-state index in [0.717, 1.165) is 0 Å². The fraction of sp³-hybridized carbons (Fsp3) is 0.538. The molecule has 1 aromatic rings. The number of carbonyl (C=O) groups excluding carboxylic acids is 1. The van der Waals surface area contributed by atoms with Crippen LogP contribution in [0.15, 0.2) is 11.4 Å². The van der Waals surface area contributed by atoms with E-state index in [9.17, 15) is 9.59 Å². The molecule has 0 aliphatic carbocycles. The highest BCUT2D eigenvalue weighted by molar-refractivity contribution is 7.12. The van der Waals surface area contributed by atoms with Crippen LogP contribution >= 0.6 is 11.3 Å². The van der Waals surface area contributed by atoms with Crippen LogP contribution in [-0.4, -0.2) is 42.1 Å². The van der Waals surface area contributed by atoms with Gasteiger partial charge in [-0.15, -0.1) is 11.3 Å². The molecule has 0 bridgehead atoms. The maximum Gasteiger partial charge on any atom is 0.305 e. The molecular weight excluding hydrogens is 266 g/mol. The minimum Gasteiger partial charge on any atom is -0.496 e. The quantitative estimate of drug-likeness (QED) is 0.835. The summed E-state index contributed by atoms with van der Waals surface area (Å²) < 4.78 is 5.05. The van der Waals surface area contributed by atoms with Crippen LogP contribution in [0.5, 0.6) is 5.75 Å². The molecule has 5 nitrogen and oxygen atoms in total. The minimum absolute atomic E-state index is 0.0407. The zero-order chi connectivity index (χ0) is 14.4. The average Bonchev–Trinajstić information content (AvgIpc) is 2.81. The standard InChI is InChI=1S/C13H19NO4S/c1-9(2)7-14(5-4-12(15)16)13(17)11-6-10(18-3)8-19-11/h6,8-9H,4-5,7H2,1-3H3,(H,15,16). The first-order valence-electron chi connectivity index (χ1n) is 6.07. The third-order valence-corrected chi connectivity index (χ3v) is 3.39.